The molecule has 1 aromatic rings. The summed E-state index contributed by atoms with van der Waals surface area (Å²) >= 11 is 0. The zero-order valence-electron chi connectivity index (χ0n) is 16.7. The molecule has 0 aliphatic carbocycles. The van der Waals surface area contributed by atoms with Gasteiger partial charge in [-0.15, -0.1) is 0 Å². The third kappa shape index (κ3) is 15.0. The first kappa shape index (κ1) is 23.2. The Labute approximate surface area is 164 Å². The van der Waals surface area contributed by atoms with Crippen molar-refractivity contribution in [3.63, 3.8) is 0 Å². The van der Waals surface area contributed by atoms with E-state index in [9.17, 15) is 9.59 Å². The van der Waals surface area contributed by atoms with Crippen LogP contribution in [-0.2, 0) is 20.7 Å². The molecule has 0 heterocycles. The number of carbonyl (C=O) groups is 2. The lowest BCUT2D eigenvalue weighted by molar-refractivity contribution is -0.144. The third-order valence-electron chi connectivity index (χ3n) is 4.74. The number of hydrogen-bond donors (Lipinski definition) is 1. The Kier molecular flexibility index (Phi) is 14.0. The van der Waals surface area contributed by atoms with Crippen LogP contribution in [0.4, 0.5) is 0 Å². The van der Waals surface area contributed by atoms with E-state index < -0.39 is 5.97 Å². The van der Waals surface area contributed by atoms with Crippen molar-refractivity contribution in [1.29, 1.82) is 0 Å². The van der Waals surface area contributed by atoms with Crippen LogP contribution in [0.15, 0.2) is 30.3 Å². The van der Waals surface area contributed by atoms with Gasteiger partial charge in [-0.1, -0.05) is 75.3 Å². The summed E-state index contributed by atoms with van der Waals surface area (Å²) < 4.78 is 5.17. The predicted octanol–water partition coefficient (Wildman–Crippen LogP) is 5.93. The molecule has 4 nitrogen and oxygen atoms in total. The summed E-state index contributed by atoms with van der Waals surface area (Å²) in [5.74, 6) is -1.01. The Balaban J connectivity index is 1.77. The molecule has 1 N–H and O–H groups in total. The predicted molar refractivity (Wildman–Crippen MR) is 109 cm³/mol. The lowest BCUT2D eigenvalue weighted by Gasteiger charge is -2.05. The second-order valence-electron chi connectivity index (χ2n) is 7.24. The number of carboxylic acids is 1. The number of aryl methyl sites for hydroxylation is 1. The van der Waals surface area contributed by atoms with Gasteiger partial charge in [0.2, 0.25) is 0 Å². The van der Waals surface area contributed by atoms with Gasteiger partial charge < -0.3 is 9.84 Å². The fraction of sp³-hybridized carbons (Fsp3) is 0.652. The second-order valence-corrected chi connectivity index (χ2v) is 7.24. The standard InChI is InChI=1S/C23H36O4/c24-22(25)18-12-13-19-23(26)27-20-14-7-5-3-1-2-4-6-9-15-21-16-10-8-11-17-21/h8,10-11,16-17H,1-7,9,12-15,18-20H2,(H,24,25). The van der Waals surface area contributed by atoms with Crippen LogP contribution in [0.25, 0.3) is 0 Å². The minimum atomic E-state index is -0.810. The highest BCUT2D eigenvalue weighted by Gasteiger charge is 2.04. The number of esters is 1. The van der Waals surface area contributed by atoms with Gasteiger partial charge in [0.15, 0.2) is 0 Å². The van der Waals surface area contributed by atoms with Crippen molar-refractivity contribution >= 4 is 11.9 Å². The van der Waals surface area contributed by atoms with Crippen LogP contribution in [0, 0.1) is 0 Å². The van der Waals surface area contributed by atoms with Crippen LogP contribution in [0.1, 0.15) is 89.0 Å². The smallest absolute Gasteiger partial charge is 0.305 e. The Bertz CT molecular complexity index is 498. The van der Waals surface area contributed by atoms with Crippen LogP contribution in [0.2, 0.25) is 0 Å². The Morgan fingerprint density at radius 2 is 1.26 bits per heavy atom. The number of ether oxygens (including phenoxy) is 1. The van der Waals surface area contributed by atoms with E-state index in [2.05, 4.69) is 30.3 Å². The normalized spacial score (nSPS) is 10.7. The highest BCUT2D eigenvalue weighted by molar-refractivity contribution is 5.69. The zero-order valence-corrected chi connectivity index (χ0v) is 16.7. The van der Waals surface area contributed by atoms with E-state index >= 15 is 0 Å². The number of carboxylic acid groups (broad SMARTS) is 1. The average Bonchev–Trinajstić information content (AvgIpc) is 2.66. The minimum Gasteiger partial charge on any atom is -0.481 e. The SMILES string of the molecule is O=C(O)CCCCC(=O)OCCCCCCCCCCCc1ccccc1. The maximum Gasteiger partial charge on any atom is 0.305 e. The van der Waals surface area contributed by atoms with Crippen molar-refractivity contribution in [1.82, 2.24) is 0 Å². The molecule has 1 rings (SSSR count). The molecule has 152 valence electrons. The van der Waals surface area contributed by atoms with Crippen molar-refractivity contribution in [3.05, 3.63) is 35.9 Å². The number of benzene rings is 1. The van der Waals surface area contributed by atoms with Crippen molar-refractivity contribution in [3.8, 4) is 0 Å². The Morgan fingerprint density at radius 3 is 1.89 bits per heavy atom. The highest BCUT2D eigenvalue weighted by atomic mass is 16.5. The maximum atomic E-state index is 11.5. The highest BCUT2D eigenvalue weighted by Crippen LogP contribution is 2.12. The van der Waals surface area contributed by atoms with Crippen LogP contribution >= 0.6 is 0 Å². The largest absolute Gasteiger partial charge is 0.481 e. The molecule has 0 aliphatic rings. The fourth-order valence-electron chi connectivity index (χ4n) is 3.12. The first-order valence-corrected chi connectivity index (χ1v) is 10.6. The van der Waals surface area contributed by atoms with E-state index in [0.717, 1.165) is 12.8 Å². The molecule has 0 fully saturated rings. The van der Waals surface area contributed by atoms with Crippen molar-refractivity contribution in [2.75, 3.05) is 6.61 Å². The summed E-state index contributed by atoms with van der Waals surface area (Å²) in [7, 11) is 0. The van der Waals surface area contributed by atoms with E-state index in [1.165, 1.54) is 56.9 Å². The fourth-order valence-corrected chi connectivity index (χ4v) is 3.12. The molecule has 27 heavy (non-hydrogen) atoms. The first-order valence-electron chi connectivity index (χ1n) is 10.6. The Hall–Kier alpha value is -1.84. The minimum absolute atomic E-state index is 0.125. The molecule has 0 radical (unpaired) electrons. The second kappa shape index (κ2) is 16.3. The van der Waals surface area contributed by atoms with Gasteiger partial charge in [-0.05, 0) is 37.7 Å². The summed E-state index contributed by atoms with van der Waals surface area (Å²) in [4.78, 5) is 21.8. The first-order chi connectivity index (χ1) is 13.2. The van der Waals surface area contributed by atoms with Gasteiger partial charge >= 0.3 is 11.9 Å². The summed E-state index contributed by atoms with van der Waals surface area (Å²) in [5.41, 5.74) is 1.44. The molecule has 0 spiro atoms. The van der Waals surface area contributed by atoms with Gasteiger partial charge in [0.1, 0.15) is 0 Å². The number of rotatable bonds is 17. The molecule has 0 saturated carbocycles. The number of aliphatic carboxylic acids is 1. The van der Waals surface area contributed by atoms with E-state index in [-0.39, 0.29) is 12.4 Å². The summed E-state index contributed by atoms with van der Waals surface area (Å²) in [6.07, 6.45) is 13.8. The molecule has 0 aromatic heterocycles. The molecule has 0 amide bonds. The van der Waals surface area contributed by atoms with Gasteiger partial charge in [0.05, 0.1) is 6.61 Å². The Morgan fingerprint density at radius 1 is 0.704 bits per heavy atom. The molecule has 0 atom stereocenters. The summed E-state index contributed by atoms with van der Waals surface area (Å²) in [5, 5.41) is 8.52. The summed E-state index contributed by atoms with van der Waals surface area (Å²) in [6, 6.07) is 10.7. The van der Waals surface area contributed by atoms with Gasteiger partial charge in [-0.3, -0.25) is 9.59 Å². The molecular weight excluding hydrogens is 340 g/mol. The number of unbranched alkanes of at least 4 members (excludes halogenated alkanes) is 9. The number of hydrogen-bond acceptors (Lipinski definition) is 3. The van der Waals surface area contributed by atoms with Crippen LogP contribution in [0.5, 0.6) is 0 Å². The van der Waals surface area contributed by atoms with Gasteiger partial charge in [-0.2, -0.15) is 0 Å². The molecule has 0 bridgehead atoms. The van der Waals surface area contributed by atoms with Gasteiger partial charge in [0.25, 0.3) is 0 Å². The lowest BCUT2D eigenvalue weighted by Crippen LogP contribution is -2.06. The molecule has 1 aromatic carbocycles. The quantitative estimate of drug-likeness (QED) is 0.270. The van der Waals surface area contributed by atoms with Crippen molar-refractivity contribution in [2.45, 2.75) is 89.9 Å². The number of carbonyl (C=O) groups excluding carboxylic acids is 1. The molecule has 0 aliphatic heterocycles. The van der Waals surface area contributed by atoms with E-state index in [1.54, 1.807) is 0 Å². The summed E-state index contributed by atoms with van der Waals surface area (Å²) in [6.45, 7) is 0.497. The zero-order chi connectivity index (χ0) is 19.6. The topological polar surface area (TPSA) is 63.6 Å². The lowest BCUT2D eigenvalue weighted by atomic mass is 10.0. The molecule has 0 unspecified atom stereocenters. The van der Waals surface area contributed by atoms with Crippen LogP contribution in [-0.4, -0.2) is 23.7 Å². The van der Waals surface area contributed by atoms with Crippen LogP contribution in [0.3, 0.4) is 0 Å². The van der Waals surface area contributed by atoms with Crippen LogP contribution < -0.4 is 0 Å². The van der Waals surface area contributed by atoms with Gasteiger partial charge in [-0.25, -0.2) is 0 Å². The molecule has 0 saturated heterocycles. The van der Waals surface area contributed by atoms with E-state index in [0.29, 0.717) is 25.9 Å². The third-order valence-corrected chi connectivity index (χ3v) is 4.74. The average molecular weight is 377 g/mol. The monoisotopic (exact) mass is 376 g/mol. The van der Waals surface area contributed by atoms with Crippen molar-refractivity contribution in [2.24, 2.45) is 0 Å². The van der Waals surface area contributed by atoms with Crippen molar-refractivity contribution < 1.29 is 19.4 Å². The molecule has 4 heteroatoms. The van der Waals surface area contributed by atoms with E-state index in [1.807, 2.05) is 0 Å². The maximum absolute atomic E-state index is 11.5. The van der Waals surface area contributed by atoms with E-state index in [4.69, 9.17) is 9.84 Å². The van der Waals surface area contributed by atoms with Gasteiger partial charge in [0, 0.05) is 12.8 Å². The molecular formula is C23H36O4.